The van der Waals surface area contributed by atoms with Crippen LogP contribution in [0.4, 0.5) is 0 Å². The summed E-state index contributed by atoms with van der Waals surface area (Å²) in [6.45, 7) is 7.78. The molecule has 19 nitrogen and oxygen atoms in total. The molecule has 0 aromatic heterocycles. The van der Waals surface area contributed by atoms with Crippen LogP contribution in [-0.4, -0.2) is 110 Å². The van der Waals surface area contributed by atoms with Crippen molar-refractivity contribution in [1.82, 2.24) is 20.9 Å². The molecular weight excluding hydrogens is 652 g/mol. The minimum Gasteiger partial charge on any atom is -0.391 e. The van der Waals surface area contributed by atoms with Crippen LogP contribution in [0.3, 0.4) is 0 Å². The summed E-state index contributed by atoms with van der Waals surface area (Å²) in [7, 11) is -3.96. The molecule has 0 saturated carbocycles. The predicted molar refractivity (Wildman–Crippen MR) is 177 cm³/mol. The van der Waals surface area contributed by atoms with Crippen molar-refractivity contribution < 1.29 is 42.3 Å². The fourth-order valence-corrected chi connectivity index (χ4v) is 4.48. The van der Waals surface area contributed by atoms with Gasteiger partial charge in [-0.25, -0.2) is 13.6 Å². The molecule has 12 N–H and O–H groups in total. The third-order valence-electron chi connectivity index (χ3n) is 6.94. The fourth-order valence-electron chi connectivity index (χ4n) is 4.22. The Hall–Kier alpha value is -4.82. The first-order valence-corrected chi connectivity index (χ1v) is 16.4. The second-order valence-corrected chi connectivity index (χ2v) is 12.4. The van der Waals surface area contributed by atoms with Crippen molar-refractivity contribution in [1.29, 1.82) is 0 Å². The predicted octanol–water partition coefficient (Wildman–Crippen LogP) is -3.32. The van der Waals surface area contributed by atoms with Gasteiger partial charge >= 0.3 is 0 Å². The molecule has 1 unspecified atom stereocenters. The Morgan fingerprint density at radius 1 is 1.10 bits per heavy atom. The number of primary amides is 1. The van der Waals surface area contributed by atoms with Gasteiger partial charge in [0.05, 0.1) is 11.0 Å². The van der Waals surface area contributed by atoms with E-state index in [2.05, 4.69) is 32.7 Å². The largest absolute Gasteiger partial charge is 0.391 e. The van der Waals surface area contributed by atoms with E-state index in [1.165, 1.54) is 30.9 Å². The van der Waals surface area contributed by atoms with Crippen molar-refractivity contribution in [2.24, 2.45) is 32.5 Å². The lowest BCUT2D eigenvalue weighted by atomic mass is 10.1. The van der Waals surface area contributed by atoms with Gasteiger partial charge in [0.1, 0.15) is 37.0 Å². The number of rotatable bonds is 19. The maximum absolute atomic E-state index is 13.7. The van der Waals surface area contributed by atoms with Gasteiger partial charge in [-0.1, -0.05) is 23.9 Å². The lowest BCUT2D eigenvalue weighted by molar-refractivity contribution is -0.142. The number of aliphatic hydroxyl groups excluding tert-OH is 1. The van der Waals surface area contributed by atoms with Gasteiger partial charge in [-0.05, 0) is 58.1 Å². The van der Waals surface area contributed by atoms with E-state index in [1.54, 1.807) is 13.0 Å². The van der Waals surface area contributed by atoms with Gasteiger partial charge in [0.2, 0.25) is 33.7 Å². The Kier molecular flexibility index (Phi) is 17.0. The van der Waals surface area contributed by atoms with Gasteiger partial charge in [-0.3, -0.25) is 29.0 Å². The van der Waals surface area contributed by atoms with Crippen LogP contribution in [-0.2, 0) is 38.8 Å². The number of nitrogens with one attached hydrogen (secondary N) is 3. The van der Waals surface area contributed by atoms with E-state index >= 15 is 0 Å². The van der Waals surface area contributed by atoms with Crippen LogP contribution in [0, 0.1) is 0 Å². The zero-order valence-electron chi connectivity index (χ0n) is 27.1. The number of carbonyl (C=O) groups excluding carboxylic acids is 5. The monoisotopic (exact) mass is 698 g/mol. The fraction of sp³-hybridized carbons (Fsp3) is 0.536. The summed E-state index contributed by atoms with van der Waals surface area (Å²) in [6.07, 6.45) is 4.48. The van der Waals surface area contributed by atoms with E-state index in [4.69, 9.17) is 27.2 Å². The number of nitrogens with zero attached hydrogens (tertiary/aromatic N) is 3. The smallest absolute Gasteiger partial charge is 0.266 e. The SMILES string of the molecule is C=C(/C=C\C(=C/C)CO/N=C\C(=O)N[C@H](C(=O)N[C@@H](CCCN=C(N)N)C(=O)N1CCC[C@H]1C(=O)N[C@@H](C)C(N)=O)C(C)O)S(N)(=O)=O. The quantitative estimate of drug-likeness (QED) is 0.0217. The summed E-state index contributed by atoms with van der Waals surface area (Å²) < 4.78 is 22.6. The molecule has 0 bridgehead atoms. The lowest BCUT2D eigenvalue weighted by Gasteiger charge is -2.30. The van der Waals surface area contributed by atoms with Gasteiger partial charge in [0.15, 0.2) is 5.96 Å². The van der Waals surface area contributed by atoms with Crippen LogP contribution in [0.15, 0.2) is 45.4 Å². The molecule has 20 heteroatoms. The molecule has 0 aromatic carbocycles. The summed E-state index contributed by atoms with van der Waals surface area (Å²) in [5, 5.41) is 26.1. The third kappa shape index (κ3) is 14.3. The van der Waals surface area contributed by atoms with Crippen LogP contribution in [0.25, 0.3) is 0 Å². The van der Waals surface area contributed by atoms with E-state index < -0.39 is 69.8 Å². The average molecular weight is 699 g/mol. The lowest BCUT2D eigenvalue weighted by Crippen LogP contribution is -2.59. The minimum atomic E-state index is -3.96. The molecule has 1 saturated heterocycles. The van der Waals surface area contributed by atoms with Crippen LogP contribution < -0.4 is 38.3 Å². The highest BCUT2D eigenvalue weighted by molar-refractivity contribution is 7.93. The summed E-state index contributed by atoms with van der Waals surface area (Å²) in [6, 6.07) is -4.64. The Labute approximate surface area is 279 Å². The first-order valence-electron chi connectivity index (χ1n) is 14.8. The van der Waals surface area contributed by atoms with Crippen LogP contribution in [0.1, 0.15) is 46.5 Å². The second-order valence-electron chi connectivity index (χ2n) is 10.8. The number of aliphatic hydroxyl groups is 1. The first-order chi connectivity index (χ1) is 22.4. The molecule has 1 fully saturated rings. The maximum atomic E-state index is 13.7. The molecule has 5 atom stereocenters. The van der Waals surface area contributed by atoms with Gasteiger partial charge in [-0.15, -0.1) is 0 Å². The van der Waals surface area contributed by atoms with Crippen molar-refractivity contribution in [2.45, 2.75) is 76.7 Å². The van der Waals surface area contributed by atoms with E-state index in [-0.39, 0.29) is 43.4 Å². The minimum absolute atomic E-state index is 0.0337. The number of aliphatic imine (C=N–C) groups is 1. The molecule has 1 aliphatic rings. The van der Waals surface area contributed by atoms with Gasteiger partial charge in [0, 0.05) is 13.1 Å². The molecule has 0 aromatic rings. The number of amides is 5. The van der Waals surface area contributed by atoms with Crippen molar-refractivity contribution in [2.75, 3.05) is 19.7 Å². The highest BCUT2D eigenvalue weighted by atomic mass is 32.2. The van der Waals surface area contributed by atoms with Crippen molar-refractivity contribution in [3.05, 3.63) is 35.3 Å². The first kappa shape index (κ1) is 41.2. The van der Waals surface area contributed by atoms with Gasteiger partial charge in [0.25, 0.3) is 5.91 Å². The number of hydrogen-bond donors (Lipinski definition) is 8. The Morgan fingerprint density at radius 3 is 2.33 bits per heavy atom. The molecule has 0 aliphatic carbocycles. The van der Waals surface area contributed by atoms with Crippen molar-refractivity contribution in [3.8, 4) is 0 Å². The second kappa shape index (κ2) is 19.8. The molecule has 268 valence electrons. The number of carbonyl (C=O) groups is 5. The number of guanidine groups is 1. The summed E-state index contributed by atoms with van der Waals surface area (Å²) in [5.74, 6) is -3.95. The molecule has 1 aliphatic heterocycles. The number of allylic oxidation sites excluding steroid dienone is 2. The Morgan fingerprint density at radius 2 is 1.77 bits per heavy atom. The summed E-state index contributed by atoms with van der Waals surface area (Å²) in [4.78, 5) is 73.6. The molecule has 0 spiro atoms. The summed E-state index contributed by atoms with van der Waals surface area (Å²) in [5.41, 5.74) is 16.4. The molecule has 1 rings (SSSR count). The number of primary sulfonamides is 1. The molecule has 48 heavy (non-hydrogen) atoms. The summed E-state index contributed by atoms with van der Waals surface area (Å²) >= 11 is 0. The molecule has 0 radical (unpaired) electrons. The number of hydrogen-bond acceptors (Lipinski definition) is 11. The average Bonchev–Trinajstić information content (AvgIpc) is 3.49. The highest BCUT2D eigenvalue weighted by Gasteiger charge is 2.39. The third-order valence-corrected chi connectivity index (χ3v) is 7.81. The standard InChI is InChI=1S/C28H46N10O9S/c1-5-19(11-10-16(2)48(32,45)46)15-47-34-14-22(40)37-23(18(4)39)26(43)36-20(8-6-12-33-28(30)31)27(44)38-13-7-9-21(38)25(42)35-17(3)24(29)41/h5,10-11,14,17-18,20-21,23,39H,2,6-9,12-13,15H2,1,3-4H3,(H2,29,41)(H,35,42)(H,36,43)(H,37,40)(H4,30,31,33)(H2,32,45,46)/b11-10-,19-5+,34-14-/t17-,18?,20-,21-,23-/m0/s1. The maximum Gasteiger partial charge on any atom is 0.266 e. The van der Waals surface area contributed by atoms with Crippen LogP contribution in [0.5, 0.6) is 0 Å². The topological polar surface area (TPSA) is 317 Å². The van der Waals surface area contributed by atoms with Crippen LogP contribution in [0.2, 0.25) is 0 Å². The van der Waals surface area contributed by atoms with Crippen molar-refractivity contribution in [3.63, 3.8) is 0 Å². The zero-order valence-corrected chi connectivity index (χ0v) is 27.9. The highest BCUT2D eigenvalue weighted by Crippen LogP contribution is 2.20. The normalized spacial score (nSPS) is 17.6. The Bertz CT molecular complexity index is 1420. The van der Waals surface area contributed by atoms with E-state index in [0.717, 1.165) is 0 Å². The van der Waals surface area contributed by atoms with E-state index in [9.17, 15) is 37.5 Å². The number of likely N-dealkylation sites (tertiary alicyclic amines) is 1. The van der Waals surface area contributed by atoms with Gasteiger partial charge < -0.3 is 48.0 Å². The zero-order chi connectivity index (χ0) is 36.6. The number of nitrogens with two attached hydrogens (primary N) is 4. The molecule has 5 amide bonds. The number of sulfonamides is 1. The Balaban J connectivity index is 3.00. The molecule has 1 heterocycles. The van der Waals surface area contributed by atoms with Crippen molar-refractivity contribution >= 4 is 51.7 Å². The molecular formula is C28H46N10O9S. The van der Waals surface area contributed by atoms with Gasteiger partial charge in [-0.2, -0.15) is 0 Å². The number of oxime groups is 1. The van der Waals surface area contributed by atoms with E-state index in [1.807, 2.05) is 0 Å². The van der Waals surface area contributed by atoms with Crippen LogP contribution >= 0.6 is 0 Å². The van der Waals surface area contributed by atoms with E-state index in [0.29, 0.717) is 24.6 Å².